The molecule has 1 N–H and O–H groups in total. The Bertz CT molecular complexity index is 1170. The number of benzene rings is 2. The molecule has 6 nitrogen and oxygen atoms in total. The molecule has 34 heavy (non-hydrogen) atoms. The van der Waals surface area contributed by atoms with Gasteiger partial charge in [-0.1, -0.05) is 19.9 Å². The zero-order chi connectivity index (χ0) is 24.4. The highest BCUT2D eigenvalue weighted by Crippen LogP contribution is 2.26. The Kier molecular flexibility index (Phi) is 7.11. The van der Waals surface area contributed by atoms with E-state index >= 15 is 0 Å². The van der Waals surface area contributed by atoms with E-state index in [4.69, 9.17) is 4.74 Å². The van der Waals surface area contributed by atoms with Gasteiger partial charge in [0.1, 0.15) is 6.04 Å². The van der Waals surface area contributed by atoms with Crippen LogP contribution < -0.4 is 10.1 Å². The van der Waals surface area contributed by atoms with Crippen molar-refractivity contribution in [1.82, 2.24) is 19.8 Å². The van der Waals surface area contributed by atoms with Crippen molar-refractivity contribution in [3.8, 4) is 5.75 Å². The second-order valence-electron chi connectivity index (χ2n) is 9.12. The zero-order valence-corrected chi connectivity index (χ0v) is 19.5. The molecular formula is C25H29F3N4O2. The van der Waals surface area contributed by atoms with Gasteiger partial charge in [0.15, 0.2) is 23.2 Å². The van der Waals surface area contributed by atoms with E-state index in [1.165, 1.54) is 19.5 Å². The summed E-state index contributed by atoms with van der Waals surface area (Å²) in [6.07, 6.45) is 2.99. The maximum atomic E-state index is 14.0. The van der Waals surface area contributed by atoms with E-state index in [0.29, 0.717) is 17.6 Å². The summed E-state index contributed by atoms with van der Waals surface area (Å²) in [6.45, 7) is 5.98. The molecule has 1 saturated heterocycles. The normalized spacial score (nSPS) is 16.2. The minimum absolute atomic E-state index is 0.00145. The van der Waals surface area contributed by atoms with Gasteiger partial charge in [0.05, 0.1) is 24.5 Å². The van der Waals surface area contributed by atoms with Crippen LogP contribution in [0.2, 0.25) is 0 Å². The molecule has 0 radical (unpaired) electrons. The molecule has 182 valence electrons. The van der Waals surface area contributed by atoms with E-state index in [1.54, 1.807) is 10.6 Å². The number of carbonyl (C=O) groups excluding carboxylic acids is 1. The highest BCUT2D eigenvalue weighted by atomic mass is 19.2. The lowest BCUT2D eigenvalue weighted by Gasteiger charge is -2.33. The number of nitrogens with one attached hydrogen (secondary N) is 1. The zero-order valence-electron chi connectivity index (χ0n) is 19.5. The highest BCUT2D eigenvalue weighted by Gasteiger charge is 2.29. The number of rotatable bonds is 7. The Balaban J connectivity index is 1.39. The van der Waals surface area contributed by atoms with Crippen LogP contribution in [0.3, 0.4) is 0 Å². The molecule has 0 spiro atoms. The fourth-order valence-electron chi connectivity index (χ4n) is 4.58. The average molecular weight is 475 g/mol. The lowest BCUT2D eigenvalue weighted by Crippen LogP contribution is -2.47. The largest absolute Gasteiger partial charge is 0.494 e. The number of fused-ring (bicyclic) bond motifs is 1. The maximum Gasteiger partial charge on any atom is 0.243 e. The Morgan fingerprint density at radius 1 is 1.12 bits per heavy atom. The summed E-state index contributed by atoms with van der Waals surface area (Å²) in [5, 5.41) is 3.13. The maximum absolute atomic E-state index is 14.0. The first kappa shape index (κ1) is 24.1. The molecule has 1 aliphatic heterocycles. The molecule has 1 amide bonds. The minimum atomic E-state index is -0.971. The van der Waals surface area contributed by atoms with Crippen LogP contribution in [0.4, 0.5) is 13.2 Å². The Morgan fingerprint density at radius 3 is 2.47 bits per heavy atom. The third-order valence-corrected chi connectivity index (χ3v) is 6.37. The SMILES string of the molecule is COc1ccc(CN2CCC(NC(=O)C(C(C)C)n3cnc4cc(F)c(F)cc43)CC2)cc1F. The van der Waals surface area contributed by atoms with Crippen LogP contribution in [0.1, 0.15) is 38.3 Å². The summed E-state index contributed by atoms with van der Waals surface area (Å²) in [7, 11) is 1.44. The van der Waals surface area contributed by atoms with Crippen molar-refractivity contribution in [2.24, 2.45) is 5.92 Å². The van der Waals surface area contributed by atoms with Crippen molar-refractivity contribution in [3.63, 3.8) is 0 Å². The van der Waals surface area contributed by atoms with Crippen molar-refractivity contribution in [3.05, 3.63) is 59.7 Å². The van der Waals surface area contributed by atoms with Crippen LogP contribution in [0.25, 0.3) is 11.0 Å². The quantitative estimate of drug-likeness (QED) is 0.550. The van der Waals surface area contributed by atoms with E-state index in [1.807, 2.05) is 19.9 Å². The summed E-state index contributed by atoms with van der Waals surface area (Å²) in [4.78, 5) is 19.6. The molecule has 1 unspecified atom stereocenters. The number of hydrogen-bond donors (Lipinski definition) is 1. The predicted molar refractivity (Wildman–Crippen MR) is 123 cm³/mol. The van der Waals surface area contributed by atoms with Crippen molar-refractivity contribution in [1.29, 1.82) is 0 Å². The minimum Gasteiger partial charge on any atom is -0.494 e. The summed E-state index contributed by atoms with van der Waals surface area (Å²) in [6, 6.07) is 6.50. The molecule has 1 aliphatic rings. The van der Waals surface area contributed by atoms with Crippen molar-refractivity contribution in [2.75, 3.05) is 20.2 Å². The van der Waals surface area contributed by atoms with Crippen molar-refractivity contribution < 1.29 is 22.7 Å². The van der Waals surface area contributed by atoms with Crippen LogP contribution in [0, 0.1) is 23.4 Å². The second-order valence-corrected chi connectivity index (χ2v) is 9.12. The first-order valence-corrected chi connectivity index (χ1v) is 11.4. The van der Waals surface area contributed by atoms with Crippen LogP contribution in [0.15, 0.2) is 36.7 Å². The third kappa shape index (κ3) is 5.04. The van der Waals surface area contributed by atoms with Crippen LogP contribution in [-0.4, -0.2) is 46.6 Å². The first-order chi connectivity index (χ1) is 16.3. The number of halogens is 3. The van der Waals surface area contributed by atoms with Gasteiger partial charge >= 0.3 is 0 Å². The van der Waals surface area contributed by atoms with Gasteiger partial charge < -0.3 is 14.6 Å². The van der Waals surface area contributed by atoms with E-state index in [9.17, 15) is 18.0 Å². The number of piperidine rings is 1. The molecule has 0 bridgehead atoms. The monoisotopic (exact) mass is 474 g/mol. The predicted octanol–water partition coefficient (Wildman–Crippen LogP) is 4.44. The number of nitrogens with zero attached hydrogens (tertiary/aromatic N) is 3. The topological polar surface area (TPSA) is 59.4 Å². The van der Waals surface area contributed by atoms with Gasteiger partial charge in [-0.05, 0) is 36.5 Å². The number of likely N-dealkylation sites (tertiary alicyclic amines) is 1. The fourth-order valence-corrected chi connectivity index (χ4v) is 4.58. The van der Waals surface area contributed by atoms with Gasteiger partial charge in [-0.25, -0.2) is 18.2 Å². The standard InChI is InChI=1S/C25H29F3N4O2/c1-15(2)24(32-14-29-21-11-18(26)19(27)12-22(21)32)25(33)30-17-6-8-31(9-7-17)13-16-4-5-23(34-3)20(28)10-16/h4-5,10-12,14-15,17,24H,6-9,13H2,1-3H3,(H,30,33). The third-order valence-electron chi connectivity index (χ3n) is 6.37. The Morgan fingerprint density at radius 2 is 1.82 bits per heavy atom. The molecule has 9 heteroatoms. The van der Waals surface area contributed by atoms with E-state index in [-0.39, 0.29) is 29.4 Å². The lowest BCUT2D eigenvalue weighted by molar-refractivity contribution is -0.126. The number of ether oxygens (including phenoxy) is 1. The summed E-state index contributed by atoms with van der Waals surface area (Å²) < 4.78 is 48.0. The van der Waals surface area contributed by atoms with E-state index in [0.717, 1.165) is 43.6 Å². The number of carbonyl (C=O) groups is 1. The van der Waals surface area contributed by atoms with Crippen LogP contribution >= 0.6 is 0 Å². The number of hydrogen-bond acceptors (Lipinski definition) is 4. The number of methoxy groups -OCH3 is 1. The summed E-state index contributed by atoms with van der Waals surface area (Å²) in [5.41, 5.74) is 1.56. The molecule has 2 heterocycles. The molecule has 1 atom stereocenters. The van der Waals surface area contributed by atoms with Gasteiger partial charge in [0.25, 0.3) is 0 Å². The van der Waals surface area contributed by atoms with Crippen molar-refractivity contribution in [2.45, 2.75) is 45.3 Å². The van der Waals surface area contributed by atoms with Gasteiger partial charge in [-0.2, -0.15) is 0 Å². The Hall–Kier alpha value is -3.07. The summed E-state index contributed by atoms with van der Waals surface area (Å²) >= 11 is 0. The lowest BCUT2D eigenvalue weighted by atomic mass is 10.00. The molecule has 2 aromatic carbocycles. The van der Waals surface area contributed by atoms with Gasteiger partial charge in [-0.3, -0.25) is 9.69 Å². The Labute approximate surface area is 196 Å². The second kappa shape index (κ2) is 10.0. The number of aromatic nitrogens is 2. The van der Waals surface area contributed by atoms with Crippen molar-refractivity contribution >= 4 is 16.9 Å². The summed E-state index contributed by atoms with van der Waals surface area (Å²) in [5.74, 6) is -2.35. The molecular weight excluding hydrogens is 445 g/mol. The smallest absolute Gasteiger partial charge is 0.243 e. The van der Waals surface area contributed by atoms with Crippen LogP contribution in [0.5, 0.6) is 5.75 Å². The number of imidazole rings is 1. The van der Waals surface area contributed by atoms with E-state index < -0.39 is 17.7 Å². The van der Waals surface area contributed by atoms with Gasteiger partial charge in [0, 0.05) is 37.8 Å². The average Bonchev–Trinajstić information content (AvgIpc) is 3.17. The number of amides is 1. The van der Waals surface area contributed by atoms with Crippen LogP contribution in [-0.2, 0) is 11.3 Å². The fraction of sp³-hybridized carbons (Fsp3) is 0.440. The molecule has 3 aromatic rings. The van der Waals surface area contributed by atoms with Gasteiger partial charge in [-0.15, -0.1) is 0 Å². The molecule has 1 fully saturated rings. The first-order valence-electron chi connectivity index (χ1n) is 11.4. The highest BCUT2D eigenvalue weighted by molar-refractivity contribution is 5.84. The molecule has 4 rings (SSSR count). The van der Waals surface area contributed by atoms with E-state index in [2.05, 4.69) is 15.2 Å². The molecule has 1 aromatic heterocycles. The molecule has 0 aliphatic carbocycles. The van der Waals surface area contributed by atoms with Gasteiger partial charge in [0.2, 0.25) is 5.91 Å². The molecule has 0 saturated carbocycles.